The molecule has 1 saturated heterocycles. The lowest BCUT2D eigenvalue weighted by Crippen LogP contribution is -2.33. The lowest BCUT2D eigenvalue weighted by atomic mass is 9.76. The smallest absolute Gasteiger partial charge is 0.0471 e. The van der Waals surface area contributed by atoms with Crippen LogP contribution in [0.5, 0.6) is 0 Å². The molecular weight excluding hydrogens is 276 g/mol. The van der Waals surface area contributed by atoms with Crippen molar-refractivity contribution in [2.24, 2.45) is 5.41 Å². The second-order valence-electron chi connectivity index (χ2n) is 5.35. The summed E-state index contributed by atoms with van der Waals surface area (Å²) in [5.74, 6) is 0. The van der Waals surface area contributed by atoms with Gasteiger partial charge in [0, 0.05) is 18.5 Å². The van der Waals surface area contributed by atoms with Crippen LogP contribution in [-0.4, -0.2) is 18.5 Å². The van der Waals surface area contributed by atoms with Gasteiger partial charge in [0.2, 0.25) is 0 Å². The Kier molecular flexibility index (Phi) is 4.26. The largest absolute Gasteiger partial charge is 0.381 e. The SMILES string of the molecule is Cc1ccc(C)c(CC2(CBr)CCOCC2)c1. The second-order valence-corrected chi connectivity index (χ2v) is 5.91. The van der Waals surface area contributed by atoms with Crippen LogP contribution in [0.2, 0.25) is 0 Å². The summed E-state index contributed by atoms with van der Waals surface area (Å²) in [6.07, 6.45) is 3.52. The minimum Gasteiger partial charge on any atom is -0.381 e. The molecule has 0 aromatic heterocycles. The fourth-order valence-corrected chi connectivity index (χ4v) is 3.32. The minimum atomic E-state index is 0.400. The van der Waals surface area contributed by atoms with Crippen molar-refractivity contribution in [3.05, 3.63) is 34.9 Å². The molecule has 17 heavy (non-hydrogen) atoms. The van der Waals surface area contributed by atoms with E-state index >= 15 is 0 Å². The third-order valence-corrected chi connectivity index (χ3v) is 5.10. The topological polar surface area (TPSA) is 9.23 Å². The lowest BCUT2D eigenvalue weighted by molar-refractivity contribution is 0.0269. The zero-order valence-electron chi connectivity index (χ0n) is 10.8. The Hall–Kier alpha value is -0.340. The molecule has 0 spiro atoms. The lowest BCUT2D eigenvalue weighted by Gasteiger charge is -2.36. The van der Waals surface area contributed by atoms with E-state index in [1.807, 2.05) is 0 Å². The Morgan fingerprint density at radius 1 is 1.24 bits per heavy atom. The summed E-state index contributed by atoms with van der Waals surface area (Å²) in [5, 5.41) is 1.08. The van der Waals surface area contributed by atoms with Crippen LogP contribution >= 0.6 is 15.9 Å². The summed E-state index contributed by atoms with van der Waals surface area (Å²) in [6, 6.07) is 6.78. The number of hydrogen-bond donors (Lipinski definition) is 0. The molecule has 0 N–H and O–H groups in total. The molecule has 0 radical (unpaired) electrons. The molecule has 94 valence electrons. The van der Waals surface area contributed by atoms with Crippen LogP contribution in [0, 0.1) is 19.3 Å². The number of hydrogen-bond acceptors (Lipinski definition) is 1. The summed E-state index contributed by atoms with van der Waals surface area (Å²) in [7, 11) is 0. The standard InChI is InChI=1S/C15H21BrO/c1-12-3-4-13(2)14(9-12)10-15(11-16)5-7-17-8-6-15/h3-4,9H,5-8,10-11H2,1-2H3. The average molecular weight is 297 g/mol. The van der Waals surface area contributed by atoms with Crippen molar-refractivity contribution in [2.75, 3.05) is 18.5 Å². The zero-order chi connectivity index (χ0) is 12.3. The van der Waals surface area contributed by atoms with Crippen molar-refractivity contribution in [3.8, 4) is 0 Å². The maximum atomic E-state index is 5.50. The monoisotopic (exact) mass is 296 g/mol. The first kappa shape index (κ1) is 13.1. The third-order valence-electron chi connectivity index (χ3n) is 3.91. The maximum Gasteiger partial charge on any atom is 0.0471 e. The van der Waals surface area contributed by atoms with Crippen LogP contribution in [0.4, 0.5) is 0 Å². The van der Waals surface area contributed by atoms with Gasteiger partial charge in [0.25, 0.3) is 0 Å². The minimum absolute atomic E-state index is 0.400. The number of aryl methyl sites for hydroxylation is 2. The van der Waals surface area contributed by atoms with Gasteiger partial charge in [-0.1, -0.05) is 39.7 Å². The van der Waals surface area contributed by atoms with E-state index in [2.05, 4.69) is 48.0 Å². The molecule has 0 aliphatic carbocycles. The van der Waals surface area contributed by atoms with Gasteiger partial charge in [0.1, 0.15) is 0 Å². The molecule has 0 atom stereocenters. The fraction of sp³-hybridized carbons (Fsp3) is 0.600. The fourth-order valence-electron chi connectivity index (χ4n) is 2.56. The number of alkyl halides is 1. The van der Waals surface area contributed by atoms with E-state index in [0.29, 0.717) is 5.41 Å². The summed E-state index contributed by atoms with van der Waals surface area (Å²) in [6.45, 7) is 6.22. The predicted molar refractivity (Wildman–Crippen MR) is 75.9 cm³/mol. The molecular formula is C15H21BrO. The molecule has 2 rings (SSSR count). The number of ether oxygens (including phenoxy) is 1. The van der Waals surface area contributed by atoms with Crippen molar-refractivity contribution in [1.29, 1.82) is 0 Å². The highest BCUT2D eigenvalue weighted by Gasteiger charge is 2.32. The molecule has 1 fully saturated rings. The van der Waals surface area contributed by atoms with Gasteiger partial charge in [-0.25, -0.2) is 0 Å². The first-order valence-electron chi connectivity index (χ1n) is 6.35. The molecule has 1 aliphatic rings. The van der Waals surface area contributed by atoms with E-state index in [-0.39, 0.29) is 0 Å². The van der Waals surface area contributed by atoms with Crippen molar-refractivity contribution in [1.82, 2.24) is 0 Å². The van der Waals surface area contributed by atoms with Gasteiger partial charge < -0.3 is 4.74 Å². The van der Waals surface area contributed by atoms with Gasteiger partial charge in [-0.15, -0.1) is 0 Å². The molecule has 1 aliphatic heterocycles. The number of benzene rings is 1. The first-order valence-corrected chi connectivity index (χ1v) is 7.47. The Morgan fingerprint density at radius 2 is 1.94 bits per heavy atom. The second kappa shape index (κ2) is 5.53. The van der Waals surface area contributed by atoms with E-state index in [1.165, 1.54) is 36.0 Å². The van der Waals surface area contributed by atoms with E-state index < -0.39 is 0 Å². The van der Waals surface area contributed by atoms with Crippen LogP contribution in [0.15, 0.2) is 18.2 Å². The molecule has 2 heteroatoms. The highest BCUT2D eigenvalue weighted by atomic mass is 79.9. The highest BCUT2D eigenvalue weighted by molar-refractivity contribution is 9.09. The van der Waals surface area contributed by atoms with Crippen molar-refractivity contribution >= 4 is 15.9 Å². The Balaban J connectivity index is 2.20. The van der Waals surface area contributed by atoms with Gasteiger partial charge in [0.15, 0.2) is 0 Å². The van der Waals surface area contributed by atoms with Crippen molar-refractivity contribution in [3.63, 3.8) is 0 Å². The van der Waals surface area contributed by atoms with Gasteiger partial charge in [0.05, 0.1) is 0 Å². The van der Waals surface area contributed by atoms with Gasteiger partial charge in [-0.3, -0.25) is 0 Å². The number of rotatable bonds is 3. The van der Waals surface area contributed by atoms with Crippen LogP contribution in [0.1, 0.15) is 29.5 Å². The van der Waals surface area contributed by atoms with E-state index in [0.717, 1.165) is 18.5 Å². The predicted octanol–water partition coefficient (Wildman–Crippen LogP) is 4.04. The summed E-state index contributed by atoms with van der Waals surface area (Å²) in [5.41, 5.74) is 4.69. The van der Waals surface area contributed by atoms with Crippen molar-refractivity contribution in [2.45, 2.75) is 33.1 Å². The summed E-state index contributed by atoms with van der Waals surface area (Å²) < 4.78 is 5.50. The van der Waals surface area contributed by atoms with Gasteiger partial charge in [-0.2, -0.15) is 0 Å². The highest BCUT2D eigenvalue weighted by Crippen LogP contribution is 2.36. The molecule has 1 heterocycles. The van der Waals surface area contributed by atoms with Crippen LogP contribution in [0.3, 0.4) is 0 Å². The van der Waals surface area contributed by atoms with Crippen molar-refractivity contribution < 1.29 is 4.74 Å². The molecule has 0 bridgehead atoms. The van der Waals surface area contributed by atoms with Gasteiger partial charge >= 0.3 is 0 Å². The van der Waals surface area contributed by atoms with E-state index in [1.54, 1.807) is 0 Å². The Morgan fingerprint density at radius 3 is 2.59 bits per heavy atom. The van der Waals surface area contributed by atoms with Gasteiger partial charge in [-0.05, 0) is 49.7 Å². The first-order chi connectivity index (χ1) is 8.15. The summed E-state index contributed by atoms with van der Waals surface area (Å²) in [4.78, 5) is 0. The van der Waals surface area contributed by atoms with E-state index in [9.17, 15) is 0 Å². The molecule has 1 nitrogen and oxygen atoms in total. The summed E-state index contributed by atoms with van der Waals surface area (Å²) >= 11 is 3.71. The number of halogens is 1. The normalized spacial score (nSPS) is 19.2. The zero-order valence-corrected chi connectivity index (χ0v) is 12.3. The average Bonchev–Trinajstić information content (AvgIpc) is 2.35. The molecule has 0 amide bonds. The van der Waals surface area contributed by atoms with Crippen LogP contribution in [0.25, 0.3) is 0 Å². The van der Waals surface area contributed by atoms with Crippen LogP contribution in [-0.2, 0) is 11.2 Å². The molecule has 0 unspecified atom stereocenters. The molecule has 0 saturated carbocycles. The third kappa shape index (κ3) is 3.11. The van der Waals surface area contributed by atoms with Crippen LogP contribution < -0.4 is 0 Å². The Labute approximate surface area is 113 Å². The quantitative estimate of drug-likeness (QED) is 0.765. The maximum absolute atomic E-state index is 5.50. The Bertz CT molecular complexity index is 381. The molecule has 1 aromatic carbocycles. The van der Waals surface area contributed by atoms with E-state index in [4.69, 9.17) is 4.74 Å². The molecule has 1 aromatic rings.